The van der Waals surface area contributed by atoms with Gasteiger partial charge in [0.1, 0.15) is 11.6 Å². The van der Waals surface area contributed by atoms with E-state index >= 15 is 0 Å². The average molecular weight is 363 g/mol. The van der Waals surface area contributed by atoms with Crippen molar-refractivity contribution in [3.63, 3.8) is 0 Å². The highest BCUT2D eigenvalue weighted by atomic mass is 35.5. The Hall–Kier alpha value is -2.47. The van der Waals surface area contributed by atoms with Crippen molar-refractivity contribution in [3.05, 3.63) is 47.1 Å². The SMILES string of the molecule is CC(C)Oc1ccc(NC(=O)NCc2cccc(N(C)C)n2)cc1Cl. The summed E-state index contributed by atoms with van der Waals surface area (Å²) in [5.41, 5.74) is 1.37. The van der Waals surface area contributed by atoms with E-state index in [0.717, 1.165) is 11.5 Å². The van der Waals surface area contributed by atoms with Crippen LogP contribution in [0.4, 0.5) is 16.3 Å². The number of nitrogens with zero attached hydrogens (tertiary/aromatic N) is 2. The maximum Gasteiger partial charge on any atom is 0.319 e. The van der Waals surface area contributed by atoms with Crippen LogP contribution in [0.5, 0.6) is 5.75 Å². The van der Waals surface area contributed by atoms with Gasteiger partial charge in [0.25, 0.3) is 0 Å². The number of aromatic nitrogens is 1. The molecule has 7 heteroatoms. The third-order valence-electron chi connectivity index (χ3n) is 3.23. The molecule has 0 atom stereocenters. The van der Waals surface area contributed by atoms with Crippen LogP contribution in [-0.2, 0) is 6.54 Å². The molecule has 0 bridgehead atoms. The molecule has 0 spiro atoms. The molecule has 2 amide bonds. The first-order valence-electron chi connectivity index (χ1n) is 7.99. The summed E-state index contributed by atoms with van der Waals surface area (Å²) in [6, 6.07) is 10.5. The van der Waals surface area contributed by atoms with E-state index in [2.05, 4.69) is 15.6 Å². The first-order valence-corrected chi connectivity index (χ1v) is 8.37. The number of benzene rings is 1. The lowest BCUT2D eigenvalue weighted by Crippen LogP contribution is -2.28. The van der Waals surface area contributed by atoms with Gasteiger partial charge in [0.15, 0.2) is 0 Å². The molecule has 25 heavy (non-hydrogen) atoms. The summed E-state index contributed by atoms with van der Waals surface area (Å²) < 4.78 is 5.57. The lowest BCUT2D eigenvalue weighted by Gasteiger charge is -2.14. The van der Waals surface area contributed by atoms with Gasteiger partial charge in [-0.1, -0.05) is 17.7 Å². The van der Waals surface area contributed by atoms with E-state index in [0.29, 0.717) is 23.0 Å². The van der Waals surface area contributed by atoms with E-state index in [-0.39, 0.29) is 12.1 Å². The maximum atomic E-state index is 12.0. The van der Waals surface area contributed by atoms with Gasteiger partial charge >= 0.3 is 6.03 Å². The summed E-state index contributed by atoms with van der Waals surface area (Å²) in [6.45, 7) is 4.18. The van der Waals surface area contributed by atoms with Crippen LogP contribution in [0.15, 0.2) is 36.4 Å². The number of anilines is 2. The van der Waals surface area contributed by atoms with Gasteiger partial charge in [-0.15, -0.1) is 0 Å². The largest absolute Gasteiger partial charge is 0.489 e. The summed E-state index contributed by atoms with van der Waals surface area (Å²) in [5, 5.41) is 5.97. The quantitative estimate of drug-likeness (QED) is 0.817. The Morgan fingerprint density at radius 3 is 2.68 bits per heavy atom. The van der Waals surface area contributed by atoms with Crippen LogP contribution in [0.3, 0.4) is 0 Å². The number of hydrogen-bond donors (Lipinski definition) is 2. The Balaban J connectivity index is 1.92. The number of pyridine rings is 1. The number of rotatable bonds is 6. The highest BCUT2D eigenvalue weighted by Gasteiger charge is 2.08. The Morgan fingerprint density at radius 2 is 2.04 bits per heavy atom. The molecular formula is C18H23ClN4O2. The fourth-order valence-corrected chi connectivity index (χ4v) is 2.31. The predicted molar refractivity (Wildman–Crippen MR) is 102 cm³/mol. The minimum Gasteiger partial charge on any atom is -0.489 e. The Labute approximate surface area is 153 Å². The average Bonchev–Trinajstić information content (AvgIpc) is 2.55. The zero-order chi connectivity index (χ0) is 18.4. The molecule has 0 aliphatic carbocycles. The minimum atomic E-state index is -0.328. The van der Waals surface area contributed by atoms with Crippen LogP contribution in [0.1, 0.15) is 19.5 Å². The number of urea groups is 1. The highest BCUT2D eigenvalue weighted by Crippen LogP contribution is 2.28. The van der Waals surface area contributed by atoms with Crippen molar-refractivity contribution in [2.45, 2.75) is 26.5 Å². The van der Waals surface area contributed by atoms with Crippen molar-refractivity contribution in [3.8, 4) is 5.75 Å². The normalized spacial score (nSPS) is 10.5. The fourth-order valence-electron chi connectivity index (χ4n) is 2.09. The third kappa shape index (κ3) is 5.83. The van der Waals surface area contributed by atoms with Crippen molar-refractivity contribution in [1.29, 1.82) is 0 Å². The lowest BCUT2D eigenvalue weighted by molar-refractivity contribution is 0.242. The van der Waals surface area contributed by atoms with E-state index in [1.165, 1.54) is 0 Å². The zero-order valence-corrected chi connectivity index (χ0v) is 15.6. The van der Waals surface area contributed by atoms with E-state index < -0.39 is 0 Å². The second-order valence-electron chi connectivity index (χ2n) is 6.00. The predicted octanol–water partition coefficient (Wildman–Crippen LogP) is 3.91. The summed E-state index contributed by atoms with van der Waals surface area (Å²) in [6.07, 6.45) is 0.0324. The molecule has 0 radical (unpaired) electrons. The number of ether oxygens (including phenoxy) is 1. The van der Waals surface area contributed by atoms with Gasteiger partial charge in [-0.05, 0) is 44.2 Å². The van der Waals surface area contributed by atoms with Gasteiger partial charge in [0, 0.05) is 19.8 Å². The van der Waals surface area contributed by atoms with Gasteiger partial charge < -0.3 is 20.3 Å². The van der Waals surface area contributed by atoms with E-state index in [9.17, 15) is 4.79 Å². The van der Waals surface area contributed by atoms with Gasteiger partial charge in [-0.25, -0.2) is 9.78 Å². The van der Waals surface area contributed by atoms with Crippen molar-refractivity contribution in [1.82, 2.24) is 10.3 Å². The second-order valence-corrected chi connectivity index (χ2v) is 6.41. The molecule has 0 aliphatic heterocycles. The number of carbonyl (C=O) groups is 1. The summed E-state index contributed by atoms with van der Waals surface area (Å²) in [7, 11) is 3.84. The second kappa shape index (κ2) is 8.58. The molecule has 1 aromatic heterocycles. The molecule has 1 aromatic carbocycles. The lowest BCUT2D eigenvalue weighted by atomic mass is 10.3. The van der Waals surface area contributed by atoms with Crippen LogP contribution in [0.25, 0.3) is 0 Å². The molecule has 2 aromatic rings. The molecule has 2 rings (SSSR count). The molecule has 0 aliphatic rings. The van der Waals surface area contributed by atoms with Crippen LogP contribution < -0.4 is 20.3 Å². The molecule has 134 valence electrons. The number of carbonyl (C=O) groups excluding carboxylic acids is 1. The number of nitrogens with one attached hydrogen (secondary N) is 2. The Kier molecular flexibility index (Phi) is 6.47. The van der Waals surface area contributed by atoms with Crippen LogP contribution >= 0.6 is 11.6 Å². The minimum absolute atomic E-state index is 0.0324. The molecule has 0 unspecified atom stereocenters. The Bertz CT molecular complexity index is 735. The van der Waals surface area contributed by atoms with Gasteiger partial charge in [-0.2, -0.15) is 0 Å². The summed E-state index contributed by atoms with van der Waals surface area (Å²) in [5.74, 6) is 1.43. The third-order valence-corrected chi connectivity index (χ3v) is 3.53. The zero-order valence-electron chi connectivity index (χ0n) is 14.8. The topological polar surface area (TPSA) is 66.5 Å². The van der Waals surface area contributed by atoms with Gasteiger partial charge in [0.05, 0.1) is 23.4 Å². The summed E-state index contributed by atoms with van der Waals surface area (Å²) >= 11 is 6.17. The van der Waals surface area contributed by atoms with Gasteiger partial charge in [-0.3, -0.25) is 0 Å². The smallest absolute Gasteiger partial charge is 0.319 e. The van der Waals surface area contributed by atoms with Crippen molar-refractivity contribution in [2.24, 2.45) is 0 Å². The maximum absolute atomic E-state index is 12.0. The molecule has 6 nitrogen and oxygen atoms in total. The number of amides is 2. The summed E-state index contributed by atoms with van der Waals surface area (Å²) in [4.78, 5) is 18.4. The van der Waals surface area contributed by atoms with Crippen molar-refractivity contribution < 1.29 is 9.53 Å². The number of hydrogen-bond acceptors (Lipinski definition) is 4. The Morgan fingerprint density at radius 1 is 1.28 bits per heavy atom. The molecule has 1 heterocycles. The van der Waals surface area contributed by atoms with Crippen molar-refractivity contribution >= 4 is 29.1 Å². The van der Waals surface area contributed by atoms with Crippen LogP contribution in [0, 0.1) is 0 Å². The van der Waals surface area contributed by atoms with E-state index in [4.69, 9.17) is 16.3 Å². The van der Waals surface area contributed by atoms with Crippen LogP contribution in [0.2, 0.25) is 5.02 Å². The van der Waals surface area contributed by atoms with Crippen molar-refractivity contribution in [2.75, 3.05) is 24.3 Å². The standard InChI is InChI=1S/C18H23ClN4O2/c1-12(2)25-16-9-8-13(10-15(16)19)22-18(24)20-11-14-6-5-7-17(21-14)23(3)4/h5-10,12H,11H2,1-4H3,(H2,20,22,24). The molecule has 0 saturated carbocycles. The van der Waals surface area contributed by atoms with E-state index in [1.807, 2.05) is 51.0 Å². The van der Waals surface area contributed by atoms with Gasteiger partial charge in [0.2, 0.25) is 0 Å². The molecular weight excluding hydrogens is 340 g/mol. The fraction of sp³-hybridized carbons (Fsp3) is 0.333. The molecule has 0 saturated heterocycles. The molecule has 0 fully saturated rings. The molecule has 2 N–H and O–H groups in total. The number of halogens is 1. The first kappa shape index (κ1) is 18.9. The monoisotopic (exact) mass is 362 g/mol. The van der Waals surface area contributed by atoms with E-state index in [1.54, 1.807) is 18.2 Å². The first-order chi connectivity index (χ1) is 11.8. The van der Waals surface area contributed by atoms with Crippen LogP contribution in [-0.4, -0.2) is 31.2 Å². The highest BCUT2D eigenvalue weighted by molar-refractivity contribution is 6.32.